The predicted molar refractivity (Wildman–Crippen MR) is 77.6 cm³/mol. The van der Waals surface area contributed by atoms with E-state index >= 15 is 0 Å². The van der Waals surface area contributed by atoms with E-state index in [2.05, 4.69) is 0 Å². The van der Waals surface area contributed by atoms with Crippen LogP contribution in [-0.4, -0.2) is 5.38 Å². The first-order valence-electron chi connectivity index (χ1n) is 6.58. The maximum atomic E-state index is 13.9. The molecule has 0 saturated heterocycles. The van der Waals surface area contributed by atoms with E-state index in [-0.39, 0.29) is 5.92 Å². The first-order chi connectivity index (χ1) is 8.83. The molecule has 0 radical (unpaired) electrons. The van der Waals surface area contributed by atoms with Crippen molar-refractivity contribution in [3.05, 3.63) is 48.0 Å². The average Bonchev–Trinajstić information content (AvgIpc) is 2.33. The van der Waals surface area contributed by atoms with Crippen molar-refractivity contribution < 1.29 is 8.78 Å². The van der Waals surface area contributed by atoms with Crippen molar-refractivity contribution in [2.24, 2.45) is 11.3 Å². The zero-order valence-electron chi connectivity index (χ0n) is 11.7. The Kier molecular flexibility index (Phi) is 5.54. The third-order valence-electron chi connectivity index (χ3n) is 3.69. The summed E-state index contributed by atoms with van der Waals surface area (Å²) in [6.45, 7) is 5.34. The lowest BCUT2D eigenvalue weighted by Gasteiger charge is -2.38. The van der Waals surface area contributed by atoms with Gasteiger partial charge in [-0.25, -0.2) is 0 Å². The van der Waals surface area contributed by atoms with Gasteiger partial charge in [0, 0.05) is 0 Å². The highest BCUT2D eigenvalue weighted by Gasteiger charge is 2.51. The molecule has 1 aromatic carbocycles. The molecule has 3 heteroatoms. The van der Waals surface area contributed by atoms with Crippen molar-refractivity contribution in [1.29, 1.82) is 0 Å². The second-order valence-corrected chi connectivity index (χ2v) is 5.65. The first-order valence-corrected chi connectivity index (χ1v) is 6.96. The van der Waals surface area contributed by atoms with E-state index in [9.17, 15) is 8.78 Å². The lowest BCUT2D eigenvalue weighted by atomic mass is 9.72. The lowest BCUT2D eigenvalue weighted by Crippen LogP contribution is -2.40. The Morgan fingerprint density at radius 1 is 1.21 bits per heavy atom. The summed E-state index contributed by atoms with van der Waals surface area (Å²) < 4.78 is 27.8. The number of benzene rings is 1. The van der Waals surface area contributed by atoms with E-state index in [0.717, 1.165) is 5.56 Å². The summed E-state index contributed by atoms with van der Waals surface area (Å²) in [6.07, 6.45) is 4.15. The number of allylic oxidation sites excluding steroid dienone is 2. The number of hydrogen-bond donors (Lipinski definition) is 0. The van der Waals surface area contributed by atoms with Crippen LogP contribution in [0.25, 0.3) is 0 Å². The molecular formula is C16H21ClF2. The zero-order valence-corrected chi connectivity index (χ0v) is 12.4. The Hall–Kier alpha value is -0.890. The lowest BCUT2D eigenvalue weighted by molar-refractivity contribution is -0.0496. The van der Waals surface area contributed by atoms with E-state index in [1.165, 1.54) is 0 Å². The van der Waals surface area contributed by atoms with Crippen LogP contribution < -0.4 is 0 Å². The Balaban J connectivity index is 2.98. The molecule has 0 saturated carbocycles. The topological polar surface area (TPSA) is 0 Å². The van der Waals surface area contributed by atoms with Gasteiger partial charge in [-0.3, -0.25) is 0 Å². The van der Waals surface area contributed by atoms with Crippen molar-refractivity contribution in [3.63, 3.8) is 0 Å². The third kappa shape index (κ3) is 3.79. The van der Waals surface area contributed by atoms with Gasteiger partial charge in [-0.2, -0.15) is 8.78 Å². The van der Waals surface area contributed by atoms with Crippen LogP contribution in [0.2, 0.25) is 0 Å². The second-order valence-electron chi connectivity index (χ2n) is 5.18. The summed E-state index contributed by atoms with van der Waals surface area (Å²) in [4.78, 5) is 0. The molecule has 0 aliphatic carbocycles. The first kappa shape index (κ1) is 16.2. The van der Waals surface area contributed by atoms with Gasteiger partial charge in [-0.1, -0.05) is 56.3 Å². The number of hydrogen-bond acceptors (Lipinski definition) is 0. The van der Waals surface area contributed by atoms with Gasteiger partial charge >= 0.3 is 5.38 Å². The molecule has 0 aromatic heterocycles. The smallest absolute Gasteiger partial charge is 0.187 e. The Labute approximate surface area is 119 Å². The summed E-state index contributed by atoms with van der Waals surface area (Å²) in [5, 5.41) is -3.25. The molecule has 1 unspecified atom stereocenters. The maximum Gasteiger partial charge on any atom is 0.330 e. The Morgan fingerprint density at radius 3 is 2.21 bits per heavy atom. The van der Waals surface area contributed by atoms with Crippen LogP contribution in [0.1, 0.15) is 32.8 Å². The Bertz CT molecular complexity index is 407. The molecule has 0 N–H and O–H groups in total. The summed E-state index contributed by atoms with van der Waals surface area (Å²) >= 11 is 5.41. The number of alkyl halides is 3. The molecule has 0 aliphatic rings. The summed E-state index contributed by atoms with van der Waals surface area (Å²) in [5.41, 5.74) is -0.253. The van der Waals surface area contributed by atoms with Crippen LogP contribution in [0.15, 0.2) is 42.5 Å². The molecular weight excluding hydrogens is 266 g/mol. The largest absolute Gasteiger partial charge is 0.330 e. The van der Waals surface area contributed by atoms with Crippen molar-refractivity contribution in [3.8, 4) is 0 Å². The molecule has 0 aliphatic heterocycles. The van der Waals surface area contributed by atoms with E-state index in [0.29, 0.717) is 12.8 Å². The van der Waals surface area contributed by atoms with Crippen molar-refractivity contribution in [1.82, 2.24) is 0 Å². The van der Waals surface area contributed by atoms with Crippen LogP contribution in [0.4, 0.5) is 8.78 Å². The van der Waals surface area contributed by atoms with Gasteiger partial charge in [0.1, 0.15) is 0 Å². The highest BCUT2D eigenvalue weighted by Crippen LogP contribution is 2.50. The van der Waals surface area contributed by atoms with Gasteiger partial charge in [-0.15, -0.1) is 0 Å². The zero-order chi connectivity index (χ0) is 14.5. The van der Waals surface area contributed by atoms with Gasteiger partial charge in [-0.05, 0) is 42.8 Å². The minimum absolute atomic E-state index is 0.236. The summed E-state index contributed by atoms with van der Waals surface area (Å²) in [7, 11) is 0. The van der Waals surface area contributed by atoms with Gasteiger partial charge < -0.3 is 0 Å². The fourth-order valence-electron chi connectivity index (χ4n) is 2.42. The standard InChI is InChI=1S/C16H21ClF2/c1-4-11-15(13(2)3,16(17,18)19)12-10-14-8-6-5-7-9-14/h4-9,11,13H,10,12H2,1-3H3/b11-4+. The highest BCUT2D eigenvalue weighted by atomic mass is 35.5. The molecule has 0 spiro atoms. The minimum atomic E-state index is -3.25. The average molecular weight is 287 g/mol. The van der Waals surface area contributed by atoms with Crippen LogP contribution >= 0.6 is 11.6 Å². The number of rotatable bonds is 6. The molecule has 19 heavy (non-hydrogen) atoms. The number of aryl methyl sites for hydroxylation is 1. The van der Waals surface area contributed by atoms with Crippen molar-refractivity contribution in [2.75, 3.05) is 0 Å². The SMILES string of the molecule is C/C=C/C(CCc1ccccc1)(C(C)C)C(F)(F)Cl. The van der Waals surface area contributed by atoms with Crippen LogP contribution in [0.5, 0.6) is 0 Å². The molecule has 1 atom stereocenters. The Morgan fingerprint density at radius 2 is 1.79 bits per heavy atom. The quantitative estimate of drug-likeness (QED) is 0.467. The van der Waals surface area contributed by atoms with E-state index in [1.807, 2.05) is 30.3 Å². The third-order valence-corrected chi connectivity index (χ3v) is 4.04. The summed E-state index contributed by atoms with van der Waals surface area (Å²) in [6, 6.07) is 9.66. The highest BCUT2D eigenvalue weighted by molar-refractivity contribution is 6.22. The van der Waals surface area contributed by atoms with Gasteiger partial charge in [0.2, 0.25) is 0 Å². The van der Waals surface area contributed by atoms with E-state index < -0.39 is 10.8 Å². The van der Waals surface area contributed by atoms with Crippen molar-refractivity contribution >= 4 is 11.6 Å². The fourth-order valence-corrected chi connectivity index (χ4v) is 2.80. The predicted octanol–water partition coefficient (Wildman–Crippen LogP) is 5.67. The van der Waals surface area contributed by atoms with Gasteiger partial charge in [0.15, 0.2) is 0 Å². The molecule has 0 heterocycles. The monoisotopic (exact) mass is 286 g/mol. The van der Waals surface area contributed by atoms with Crippen LogP contribution in [0, 0.1) is 11.3 Å². The normalized spacial score (nSPS) is 15.9. The second kappa shape index (κ2) is 6.51. The molecule has 1 rings (SSSR count). The molecule has 0 bridgehead atoms. The van der Waals surface area contributed by atoms with Gasteiger partial charge in [0.25, 0.3) is 0 Å². The maximum absolute atomic E-state index is 13.9. The molecule has 0 fully saturated rings. The van der Waals surface area contributed by atoms with E-state index in [1.54, 1.807) is 32.9 Å². The molecule has 106 valence electrons. The van der Waals surface area contributed by atoms with E-state index in [4.69, 9.17) is 11.6 Å². The molecule has 1 aromatic rings. The van der Waals surface area contributed by atoms with Crippen LogP contribution in [0.3, 0.4) is 0 Å². The van der Waals surface area contributed by atoms with Crippen molar-refractivity contribution in [2.45, 2.75) is 39.0 Å². The van der Waals surface area contributed by atoms with Crippen LogP contribution in [-0.2, 0) is 6.42 Å². The summed E-state index contributed by atoms with van der Waals surface area (Å²) in [5.74, 6) is -0.236. The fraction of sp³-hybridized carbons (Fsp3) is 0.500. The van der Waals surface area contributed by atoms with Gasteiger partial charge in [0.05, 0.1) is 5.41 Å². The number of halogens is 3. The molecule has 0 amide bonds. The molecule has 0 nitrogen and oxygen atoms in total. The minimum Gasteiger partial charge on any atom is -0.187 e.